The SMILES string of the molecule is Cc1nc2c(F)c3c(cc2n1CCNC(=O)OC(C)(C)C)CC(C=O)C3. The molecule has 1 aromatic carbocycles. The molecule has 26 heavy (non-hydrogen) atoms. The highest BCUT2D eigenvalue weighted by Gasteiger charge is 2.27. The quantitative estimate of drug-likeness (QED) is 0.850. The van der Waals surface area contributed by atoms with Gasteiger partial charge in [-0.1, -0.05) is 0 Å². The number of carbonyl (C=O) groups excluding carboxylic acids is 2. The van der Waals surface area contributed by atoms with Crippen LogP contribution < -0.4 is 5.32 Å². The predicted molar refractivity (Wildman–Crippen MR) is 95.6 cm³/mol. The predicted octanol–water partition coefficient (Wildman–Crippen LogP) is 2.92. The molecule has 1 N–H and O–H groups in total. The van der Waals surface area contributed by atoms with E-state index in [9.17, 15) is 14.0 Å². The lowest BCUT2D eigenvalue weighted by molar-refractivity contribution is -0.110. The van der Waals surface area contributed by atoms with E-state index in [0.717, 1.165) is 11.8 Å². The number of halogens is 1. The zero-order valence-electron chi connectivity index (χ0n) is 15.6. The number of fused-ring (bicyclic) bond motifs is 2. The minimum absolute atomic E-state index is 0.158. The van der Waals surface area contributed by atoms with Gasteiger partial charge in [0, 0.05) is 19.0 Å². The van der Waals surface area contributed by atoms with Crippen LogP contribution in [0.4, 0.5) is 9.18 Å². The molecule has 2 aromatic rings. The number of ether oxygens (including phenoxy) is 1. The smallest absolute Gasteiger partial charge is 0.407 e. The summed E-state index contributed by atoms with van der Waals surface area (Å²) >= 11 is 0. The van der Waals surface area contributed by atoms with Crippen molar-refractivity contribution in [2.75, 3.05) is 6.54 Å². The molecule has 0 saturated carbocycles. The first-order chi connectivity index (χ1) is 12.2. The van der Waals surface area contributed by atoms with Crippen molar-refractivity contribution in [3.8, 4) is 0 Å². The second-order valence-electron chi connectivity index (χ2n) is 7.74. The average molecular weight is 361 g/mol. The lowest BCUT2D eigenvalue weighted by Gasteiger charge is -2.19. The van der Waals surface area contributed by atoms with Crippen molar-refractivity contribution in [1.29, 1.82) is 0 Å². The lowest BCUT2D eigenvalue weighted by atomic mass is 10.1. The Hall–Kier alpha value is -2.44. The average Bonchev–Trinajstić information content (AvgIpc) is 3.08. The summed E-state index contributed by atoms with van der Waals surface area (Å²) in [7, 11) is 0. The highest BCUT2D eigenvalue weighted by atomic mass is 19.1. The number of aldehydes is 1. The van der Waals surface area contributed by atoms with E-state index in [-0.39, 0.29) is 11.7 Å². The van der Waals surface area contributed by atoms with Crippen LogP contribution in [0.3, 0.4) is 0 Å². The summed E-state index contributed by atoms with van der Waals surface area (Å²) in [5.74, 6) is 0.193. The minimum Gasteiger partial charge on any atom is -0.444 e. The molecule has 6 nitrogen and oxygen atoms in total. The van der Waals surface area contributed by atoms with Gasteiger partial charge < -0.3 is 19.4 Å². The van der Waals surface area contributed by atoms with Crippen LogP contribution in [0.15, 0.2) is 6.07 Å². The number of imidazole rings is 1. The van der Waals surface area contributed by atoms with Gasteiger partial charge in [-0.25, -0.2) is 14.2 Å². The third kappa shape index (κ3) is 3.57. The molecular formula is C19H24FN3O3. The van der Waals surface area contributed by atoms with Crippen molar-refractivity contribution in [3.05, 3.63) is 28.8 Å². The summed E-state index contributed by atoms with van der Waals surface area (Å²) in [5.41, 5.74) is 1.93. The number of benzene rings is 1. The van der Waals surface area contributed by atoms with Gasteiger partial charge >= 0.3 is 6.09 Å². The van der Waals surface area contributed by atoms with Crippen molar-refractivity contribution in [3.63, 3.8) is 0 Å². The number of alkyl carbamates (subject to hydrolysis) is 1. The molecule has 1 amide bonds. The van der Waals surface area contributed by atoms with Gasteiger partial charge in [0.25, 0.3) is 0 Å². The molecule has 1 unspecified atom stereocenters. The molecule has 1 atom stereocenters. The number of aryl methyl sites for hydroxylation is 1. The van der Waals surface area contributed by atoms with Gasteiger partial charge in [0.15, 0.2) is 5.82 Å². The minimum atomic E-state index is -0.555. The number of rotatable bonds is 4. The van der Waals surface area contributed by atoms with Gasteiger partial charge in [-0.2, -0.15) is 0 Å². The van der Waals surface area contributed by atoms with Crippen LogP contribution in [0.1, 0.15) is 37.7 Å². The first-order valence-electron chi connectivity index (χ1n) is 8.79. The molecular weight excluding hydrogens is 337 g/mol. The van der Waals surface area contributed by atoms with E-state index in [2.05, 4.69) is 10.3 Å². The van der Waals surface area contributed by atoms with E-state index in [0.29, 0.717) is 48.4 Å². The van der Waals surface area contributed by atoms with E-state index < -0.39 is 11.7 Å². The van der Waals surface area contributed by atoms with Crippen molar-refractivity contribution >= 4 is 23.4 Å². The standard InChI is InChI=1S/C19H24FN3O3/c1-11-22-17-15(9-13-7-12(10-24)8-14(13)16(17)20)23(11)6-5-21-18(25)26-19(2,3)4/h9-10,12H,5-8H2,1-4H3,(H,21,25). The Balaban J connectivity index is 1.79. The van der Waals surface area contributed by atoms with Gasteiger partial charge in [0.05, 0.1) is 5.52 Å². The Labute approximate surface area is 151 Å². The van der Waals surface area contributed by atoms with Crippen LogP contribution in [0.2, 0.25) is 0 Å². The molecule has 1 aliphatic rings. The fraction of sp³-hybridized carbons (Fsp3) is 0.526. The van der Waals surface area contributed by atoms with Gasteiger partial charge in [0.1, 0.15) is 23.2 Å². The maximum absolute atomic E-state index is 14.8. The zero-order valence-corrected chi connectivity index (χ0v) is 15.6. The van der Waals surface area contributed by atoms with Crippen LogP contribution in [-0.4, -0.2) is 34.1 Å². The highest BCUT2D eigenvalue weighted by molar-refractivity contribution is 5.80. The van der Waals surface area contributed by atoms with Gasteiger partial charge in [-0.05, 0) is 57.7 Å². The molecule has 0 saturated heterocycles. The maximum Gasteiger partial charge on any atom is 0.407 e. The second-order valence-corrected chi connectivity index (χ2v) is 7.74. The van der Waals surface area contributed by atoms with Crippen molar-refractivity contribution in [1.82, 2.24) is 14.9 Å². The van der Waals surface area contributed by atoms with Gasteiger partial charge in [-0.3, -0.25) is 0 Å². The van der Waals surface area contributed by atoms with Crippen molar-refractivity contribution in [2.24, 2.45) is 5.92 Å². The molecule has 1 aliphatic carbocycles. The second kappa shape index (κ2) is 6.70. The molecule has 1 heterocycles. The first-order valence-corrected chi connectivity index (χ1v) is 8.79. The van der Waals surface area contributed by atoms with Crippen molar-refractivity contribution in [2.45, 2.75) is 52.7 Å². The monoisotopic (exact) mass is 361 g/mol. The number of aromatic nitrogens is 2. The van der Waals surface area contributed by atoms with Gasteiger partial charge in [-0.15, -0.1) is 0 Å². The molecule has 1 aromatic heterocycles. The first kappa shape index (κ1) is 18.4. The Bertz CT molecular complexity index is 867. The number of nitrogens with one attached hydrogen (secondary N) is 1. The molecule has 7 heteroatoms. The van der Waals surface area contributed by atoms with Crippen LogP contribution in [0, 0.1) is 18.7 Å². The zero-order chi connectivity index (χ0) is 19.1. The molecule has 0 radical (unpaired) electrons. The molecule has 3 rings (SSSR count). The summed E-state index contributed by atoms with van der Waals surface area (Å²) in [6.07, 6.45) is 1.40. The highest BCUT2D eigenvalue weighted by Crippen LogP contribution is 2.33. The number of hydrogen-bond donors (Lipinski definition) is 1. The van der Waals surface area contributed by atoms with Crippen LogP contribution in [0.25, 0.3) is 11.0 Å². The van der Waals surface area contributed by atoms with Crippen LogP contribution >= 0.6 is 0 Å². The summed E-state index contributed by atoms with van der Waals surface area (Å²) in [6.45, 7) is 8.02. The van der Waals surface area contributed by atoms with E-state index in [1.54, 1.807) is 20.8 Å². The van der Waals surface area contributed by atoms with Crippen LogP contribution in [0.5, 0.6) is 0 Å². The molecule has 0 fully saturated rings. The largest absolute Gasteiger partial charge is 0.444 e. The summed E-state index contributed by atoms with van der Waals surface area (Å²) in [4.78, 5) is 27.2. The Morgan fingerprint density at radius 2 is 2.19 bits per heavy atom. The summed E-state index contributed by atoms with van der Waals surface area (Å²) < 4.78 is 21.9. The number of carbonyl (C=O) groups is 2. The Morgan fingerprint density at radius 1 is 1.46 bits per heavy atom. The topological polar surface area (TPSA) is 73.2 Å². The van der Waals surface area contributed by atoms with E-state index in [1.165, 1.54) is 0 Å². The number of hydrogen-bond acceptors (Lipinski definition) is 4. The van der Waals surface area contributed by atoms with Crippen LogP contribution in [-0.2, 0) is 28.9 Å². The third-order valence-electron chi connectivity index (χ3n) is 4.51. The summed E-state index contributed by atoms with van der Waals surface area (Å²) in [6, 6.07) is 1.92. The van der Waals surface area contributed by atoms with Crippen molar-refractivity contribution < 1.29 is 18.7 Å². The fourth-order valence-corrected chi connectivity index (χ4v) is 3.41. The molecule has 0 aliphatic heterocycles. The Kier molecular flexibility index (Phi) is 4.73. The normalized spacial score (nSPS) is 16.6. The fourth-order valence-electron chi connectivity index (χ4n) is 3.41. The van der Waals surface area contributed by atoms with Gasteiger partial charge in [0.2, 0.25) is 0 Å². The summed E-state index contributed by atoms with van der Waals surface area (Å²) in [5, 5.41) is 2.70. The molecule has 0 spiro atoms. The van der Waals surface area contributed by atoms with E-state index in [1.807, 2.05) is 17.6 Å². The third-order valence-corrected chi connectivity index (χ3v) is 4.51. The maximum atomic E-state index is 14.8. The van der Waals surface area contributed by atoms with E-state index in [4.69, 9.17) is 4.74 Å². The molecule has 140 valence electrons. The lowest BCUT2D eigenvalue weighted by Crippen LogP contribution is -2.34. The number of amides is 1. The van der Waals surface area contributed by atoms with E-state index >= 15 is 0 Å². The Morgan fingerprint density at radius 3 is 2.85 bits per heavy atom. The molecule has 0 bridgehead atoms. The number of nitrogens with zero attached hydrogens (tertiary/aromatic N) is 2.